The van der Waals surface area contributed by atoms with Crippen molar-refractivity contribution in [3.63, 3.8) is 0 Å². The van der Waals surface area contributed by atoms with E-state index in [1.54, 1.807) is 37.3 Å². The Morgan fingerprint density at radius 2 is 1.82 bits per heavy atom. The number of carbonyl (C=O) groups is 2. The van der Waals surface area contributed by atoms with Crippen LogP contribution in [0.2, 0.25) is 0 Å². The summed E-state index contributed by atoms with van der Waals surface area (Å²) in [6.45, 7) is 1.91. The van der Waals surface area contributed by atoms with Crippen molar-refractivity contribution in [3.05, 3.63) is 71.6 Å². The van der Waals surface area contributed by atoms with Gasteiger partial charge in [-0.15, -0.1) is 11.8 Å². The highest BCUT2D eigenvalue weighted by atomic mass is 32.2. The first-order chi connectivity index (χ1) is 13.6. The summed E-state index contributed by atoms with van der Waals surface area (Å²) >= 11 is 1.27. The number of ketones is 1. The molecule has 7 heteroatoms. The maximum absolute atomic E-state index is 12.4. The lowest BCUT2D eigenvalue weighted by molar-refractivity contribution is -0.138. The van der Waals surface area contributed by atoms with Crippen LogP contribution in [0.3, 0.4) is 0 Å². The van der Waals surface area contributed by atoms with Crippen LogP contribution in [0.5, 0.6) is 5.75 Å². The van der Waals surface area contributed by atoms with Crippen LogP contribution in [0.1, 0.15) is 23.7 Å². The molecule has 0 unspecified atom stereocenters. The molecule has 3 rings (SSSR count). The zero-order valence-corrected chi connectivity index (χ0v) is 16.2. The van der Waals surface area contributed by atoms with E-state index in [0.29, 0.717) is 34.2 Å². The molecular formula is C21H20N2O4S. The molecule has 1 aliphatic heterocycles. The fourth-order valence-electron chi connectivity index (χ4n) is 2.58. The van der Waals surface area contributed by atoms with E-state index in [2.05, 4.69) is 4.99 Å². The first kappa shape index (κ1) is 19.7. The summed E-state index contributed by atoms with van der Waals surface area (Å²) in [5.41, 5.74) is 7.32. The maximum Gasteiger partial charge on any atom is 0.346 e. The molecule has 0 bridgehead atoms. The molecule has 0 atom stereocenters. The van der Waals surface area contributed by atoms with Crippen LogP contribution < -0.4 is 10.5 Å². The number of thioether (sulfide) groups is 1. The Bertz CT molecular complexity index is 938. The van der Waals surface area contributed by atoms with Gasteiger partial charge >= 0.3 is 5.97 Å². The summed E-state index contributed by atoms with van der Waals surface area (Å²) in [6.07, 6.45) is 0.298. The van der Waals surface area contributed by atoms with E-state index >= 15 is 0 Å². The van der Waals surface area contributed by atoms with Gasteiger partial charge in [-0.25, -0.2) is 9.79 Å². The van der Waals surface area contributed by atoms with Crippen LogP contribution in [0, 0.1) is 0 Å². The van der Waals surface area contributed by atoms with Crippen molar-refractivity contribution in [1.29, 1.82) is 0 Å². The summed E-state index contributed by atoms with van der Waals surface area (Å²) in [7, 11) is 0. The van der Waals surface area contributed by atoms with E-state index in [0.717, 1.165) is 0 Å². The molecule has 0 saturated heterocycles. The molecule has 2 aromatic carbocycles. The van der Waals surface area contributed by atoms with Gasteiger partial charge in [0.15, 0.2) is 17.1 Å². The van der Waals surface area contributed by atoms with E-state index in [4.69, 9.17) is 15.2 Å². The van der Waals surface area contributed by atoms with Crippen molar-refractivity contribution in [3.8, 4) is 5.75 Å². The fraction of sp³-hybridized carbons (Fsp3) is 0.190. The highest BCUT2D eigenvalue weighted by molar-refractivity contribution is 8.14. The second-order valence-corrected chi connectivity index (χ2v) is 6.92. The molecule has 2 aromatic rings. The summed E-state index contributed by atoms with van der Waals surface area (Å²) in [6, 6.07) is 16.2. The van der Waals surface area contributed by atoms with Gasteiger partial charge < -0.3 is 15.2 Å². The maximum atomic E-state index is 12.4. The molecule has 0 saturated carbocycles. The van der Waals surface area contributed by atoms with Crippen LogP contribution in [0.4, 0.5) is 5.69 Å². The highest BCUT2D eigenvalue weighted by Gasteiger charge is 2.27. The van der Waals surface area contributed by atoms with Gasteiger partial charge in [-0.3, -0.25) is 4.79 Å². The zero-order valence-electron chi connectivity index (χ0n) is 15.4. The number of hydrogen-bond donors (Lipinski definition) is 1. The van der Waals surface area contributed by atoms with Crippen molar-refractivity contribution < 1.29 is 19.1 Å². The second kappa shape index (κ2) is 9.23. The van der Waals surface area contributed by atoms with Crippen LogP contribution in [-0.2, 0) is 9.53 Å². The molecule has 0 spiro atoms. The first-order valence-electron chi connectivity index (χ1n) is 8.84. The number of nitrogens with zero attached hydrogens (tertiary/aromatic N) is 1. The van der Waals surface area contributed by atoms with Gasteiger partial charge in [0.2, 0.25) is 5.88 Å². The Hall–Kier alpha value is -3.06. The minimum atomic E-state index is -0.603. The number of para-hydroxylation sites is 2. The largest absolute Gasteiger partial charge is 0.462 e. The van der Waals surface area contributed by atoms with Crippen LogP contribution in [-0.4, -0.2) is 29.2 Å². The van der Waals surface area contributed by atoms with Crippen molar-refractivity contribution >= 4 is 34.2 Å². The molecule has 28 heavy (non-hydrogen) atoms. The average Bonchev–Trinajstić information content (AvgIpc) is 2.84. The van der Waals surface area contributed by atoms with E-state index in [-0.39, 0.29) is 23.8 Å². The first-order valence-corrected chi connectivity index (χ1v) is 9.82. The number of benzene rings is 2. The standard InChI is InChI=1S/C21H20N2O4S/c1-2-26-21(25)18-19(22)27-17-11-7-6-10-15(17)23-20(18)28-13-12-16(24)14-8-4-3-5-9-14/h3-11H,2,12-13,22H2,1H3. The van der Waals surface area contributed by atoms with Crippen molar-refractivity contribution in [2.75, 3.05) is 12.4 Å². The SMILES string of the molecule is CCOC(=O)C1=C(N)Oc2ccccc2N=C1SCCC(=O)c1ccccc1. The van der Waals surface area contributed by atoms with Crippen LogP contribution in [0.15, 0.2) is 71.0 Å². The van der Waals surface area contributed by atoms with Crippen LogP contribution >= 0.6 is 11.8 Å². The Morgan fingerprint density at radius 1 is 1.11 bits per heavy atom. The molecule has 1 aliphatic rings. The van der Waals surface area contributed by atoms with Gasteiger partial charge in [-0.2, -0.15) is 0 Å². The van der Waals surface area contributed by atoms with Gasteiger partial charge in [-0.05, 0) is 19.1 Å². The Labute approximate surface area is 167 Å². The third kappa shape index (κ3) is 4.61. The summed E-state index contributed by atoms with van der Waals surface area (Å²) in [4.78, 5) is 29.3. The normalized spacial score (nSPS) is 13.1. The van der Waals surface area contributed by atoms with E-state index in [1.165, 1.54) is 11.8 Å². The summed E-state index contributed by atoms with van der Waals surface area (Å²) in [5.74, 6) is 0.245. The molecule has 0 amide bonds. The van der Waals surface area contributed by atoms with Gasteiger partial charge in [0.1, 0.15) is 10.7 Å². The number of hydrogen-bond acceptors (Lipinski definition) is 7. The number of carbonyl (C=O) groups excluding carboxylic acids is 2. The third-order valence-electron chi connectivity index (χ3n) is 3.91. The number of rotatable bonds is 6. The van der Waals surface area contributed by atoms with Crippen molar-refractivity contribution in [2.24, 2.45) is 10.7 Å². The number of aliphatic imine (C=N–C) groups is 1. The smallest absolute Gasteiger partial charge is 0.346 e. The number of fused-ring (bicyclic) bond motifs is 1. The fourth-order valence-corrected chi connectivity index (χ4v) is 3.55. The van der Waals surface area contributed by atoms with Gasteiger partial charge in [0.25, 0.3) is 0 Å². The summed E-state index contributed by atoms with van der Waals surface area (Å²) < 4.78 is 10.7. The molecular weight excluding hydrogens is 376 g/mol. The monoisotopic (exact) mass is 396 g/mol. The third-order valence-corrected chi connectivity index (χ3v) is 4.89. The van der Waals surface area contributed by atoms with Gasteiger partial charge in [0.05, 0.1) is 6.61 Å². The molecule has 1 heterocycles. The Morgan fingerprint density at radius 3 is 2.57 bits per heavy atom. The second-order valence-electron chi connectivity index (χ2n) is 5.83. The minimum absolute atomic E-state index is 0.0219. The van der Waals surface area contributed by atoms with E-state index in [1.807, 2.05) is 24.3 Å². The van der Waals surface area contributed by atoms with Crippen LogP contribution in [0.25, 0.3) is 0 Å². The van der Waals surface area contributed by atoms with Gasteiger partial charge in [0, 0.05) is 17.7 Å². The highest BCUT2D eigenvalue weighted by Crippen LogP contribution is 2.34. The molecule has 0 aliphatic carbocycles. The predicted octanol–water partition coefficient (Wildman–Crippen LogP) is 3.85. The topological polar surface area (TPSA) is 91.0 Å². The van der Waals surface area contributed by atoms with Crippen molar-refractivity contribution in [1.82, 2.24) is 0 Å². The molecule has 2 N–H and O–H groups in total. The van der Waals surface area contributed by atoms with E-state index in [9.17, 15) is 9.59 Å². The Kier molecular flexibility index (Phi) is 6.49. The Balaban J connectivity index is 1.82. The lowest BCUT2D eigenvalue weighted by atomic mass is 10.1. The number of Topliss-reactive ketones (excluding diaryl/α,β-unsaturated/α-hetero) is 1. The molecule has 0 fully saturated rings. The lowest BCUT2D eigenvalue weighted by Gasteiger charge is -2.10. The molecule has 0 aromatic heterocycles. The molecule has 144 valence electrons. The van der Waals surface area contributed by atoms with Gasteiger partial charge in [-0.1, -0.05) is 42.5 Å². The lowest BCUT2D eigenvalue weighted by Crippen LogP contribution is -2.22. The minimum Gasteiger partial charge on any atom is -0.462 e. The molecule has 0 radical (unpaired) electrons. The number of esters is 1. The zero-order chi connectivity index (χ0) is 19.9. The van der Waals surface area contributed by atoms with E-state index < -0.39 is 5.97 Å². The quantitative estimate of drug-likeness (QED) is 0.589. The summed E-state index contributed by atoms with van der Waals surface area (Å²) in [5, 5.41) is 0.377. The number of nitrogens with two attached hydrogens (primary N) is 1. The number of ether oxygens (including phenoxy) is 2. The molecule has 6 nitrogen and oxygen atoms in total. The van der Waals surface area contributed by atoms with Crippen molar-refractivity contribution in [2.45, 2.75) is 13.3 Å². The average molecular weight is 396 g/mol. The predicted molar refractivity (Wildman–Crippen MR) is 110 cm³/mol.